The van der Waals surface area contributed by atoms with Gasteiger partial charge in [-0.15, -0.1) is 11.8 Å². The maximum absolute atomic E-state index is 12.2. The second-order valence-corrected chi connectivity index (χ2v) is 8.57. The lowest BCUT2D eigenvalue weighted by Gasteiger charge is -2.29. The average molecular weight is 314 g/mol. The SMILES string of the molecule is CC1CCN(S(=O)(=O)CCSc2ccc(N)cc2)CC1. The van der Waals surface area contributed by atoms with Gasteiger partial charge in [0.25, 0.3) is 0 Å². The summed E-state index contributed by atoms with van der Waals surface area (Å²) in [6.45, 7) is 3.53. The largest absolute Gasteiger partial charge is 0.399 e. The highest BCUT2D eigenvalue weighted by Gasteiger charge is 2.25. The van der Waals surface area contributed by atoms with Crippen molar-refractivity contribution in [3.05, 3.63) is 24.3 Å². The molecule has 0 atom stereocenters. The summed E-state index contributed by atoms with van der Waals surface area (Å²) in [7, 11) is -3.10. The third kappa shape index (κ3) is 4.40. The van der Waals surface area contributed by atoms with Gasteiger partial charge in [0.1, 0.15) is 0 Å². The Morgan fingerprint density at radius 1 is 1.25 bits per heavy atom. The third-order valence-electron chi connectivity index (χ3n) is 3.63. The quantitative estimate of drug-likeness (QED) is 0.670. The summed E-state index contributed by atoms with van der Waals surface area (Å²) in [5.74, 6) is 1.43. The van der Waals surface area contributed by atoms with Gasteiger partial charge in [-0.25, -0.2) is 12.7 Å². The van der Waals surface area contributed by atoms with Gasteiger partial charge in [0.05, 0.1) is 5.75 Å². The van der Waals surface area contributed by atoms with Crippen LogP contribution >= 0.6 is 11.8 Å². The van der Waals surface area contributed by atoms with E-state index in [1.807, 2.05) is 24.3 Å². The number of sulfonamides is 1. The van der Waals surface area contributed by atoms with E-state index < -0.39 is 10.0 Å². The van der Waals surface area contributed by atoms with Crippen LogP contribution in [0.5, 0.6) is 0 Å². The first-order valence-electron chi connectivity index (χ1n) is 6.93. The van der Waals surface area contributed by atoms with Gasteiger partial charge in [0.2, 0.25) is 10.0 Å². The minimum atomic E-state index is -3.10. The van der Waals surface area contributed by atoms with Crippen molar-refractivity contribution in [2.45, 2.75) is 24.7 Å². The molecule has 2 N–H and O–H groups in total. The fraction of sp³-hybridized carbons (Fsp3) is 0.571. The smallest absolute Gasteiger partial charge is 0.214 e. The molecule has 4 nitrogen and oxygen atoms in total. The Bertz CT molecular complexity index is 521. The van der Waals surface area contributed by atoms with E-state index >= 15 is 0 Å². The van der Waals surface area contributed by atoms with Crippen molar-refractivity contribution in [1.82, 2.24) is 4.31 Å². The van der Waals surface area contributed by atoms with Crippen molar-refractivity contribution >= 4 is 27.5 Å². The van der Waals surface area contributed by atoms with E-state index in [-0.39, 0.29) is 5.75 Å². The maximum atomic E-state index is 12.2. The van der Waals surface area contributed by atoms with E-state index in [1.165, 1.54) is 0 Å². The first-order valence-corrected chi connectivity index (χ1v) is 9.53. The molecular formula is C14H22N2O2S2. The van der Waals surface area contributed by atoms with Gasteiger partial charge >= 0.3 is 0 Å². The van der Waals surface area contributed by atoms with Crippen molar-refractivity contribution in [2.75, 3.05) is 30.3 Å². The summed E-state index contributed by atoms with van der Waals surface area (Å²) in [6.07, 6.45) is 1.95. The molecule has 1 aromatic rings. The molecule has 0 radical (unpaired) electrons. The van der Waals surface area contributed by atoms with Crippen molar-refractivity contribution in [3.63, 3.8) is 0 Å². The number of nitrogens with two attached hydrogens (primary N) is 1. The van der Waals surface area contributed by atoms with Crippen LogP contribution in [0.3, 0.4) is 0 Å². The average Bonchev–Trinajstić information content (AvgIpc) is 2.41. The number of nitrogen functional groups attached to an aromatic ring is 1. The molecule has 1 saturated heterocycles. The Labute approximate surface area is 125 Å². The molecule has 1 heterocycles. The molecule has 0 saturated carbocycles. The maximum Gasteiger partial charge on any atom is 0.214 e. The summed E-state index contributed by atoms with van der Waals surface area (Å²) in [5.41, 5.74) is 6.35. The van der Waals surface area contributed by atoms with Crippen LogP contribution < -0.4 is 5.73 Å². The molecule has 1 aromatic carbocycles. The normalized spacial score (nSPS) is 18.2. The van der Waals surface area contributed by atoms with E-state index in [2.05, 4.69) is 6.92 Å². The van der Waals surface area contributed by atoms with Gasteiger partial charge in [-0.1, -0.05) is 6.92 Å². The second-order valence-electron chi connectivity index (χ2n) is 5.32. The van der Waals surface area contributed by atoms with Gasteiger partial charge in [0, 0.05) is 29.4 Å². The zero-order valence-corrected chi connectivity index (χ0v) is 13.4. The zero-order valence-electron chi connectivity index (χ0n) is 11.8. The first-order chi connectivity index (χ1) is 9.47. The van der Waals surface area contributed by atoms with Crippen LogP contribution in [0, 0.1) is 5.92 Å². The van der Waals surface area contributed by atoms with Gasteiger partial charge in [0.15, 0.2) is 0 Å². The highest BCUT2D eigenvalue weighted by atomic mass is 32.2. The lowest BCUT2D eigenvalue weighted by atomic mass is 10.0. The summed E-state index contributed by atoms with van der Waals surface area (Å²) in [5, 5.41) is 0. The number of piperidine rings is 1. The Morgan fingerprint density at radius 2 is 1.85 bits per heavy atom. The standard InChI is InChI=1S/C14H22N2O2S2/c1-12-6-8-16(9-7-12)20(17,18)11-10-19-14-4-2-13(15)3-5-14/h2-5,12H,6-11,15H2,1H3. The van der Waals surface area contributed by atoms with Crippen molar-refractivity contribution in [2.24, 2.45) is 5.92 Å². The Hall–Kier alpha value is -0.720. The molecule has 1 fully saturated rings. The van der Waals surface area contributed by atoms with Crippen LogP contribution in [0.15, 0.2) is 29.2 Å². The number of hydrogen-bond donors (Lipinski definition) is 1. The fourth-order valence-corrected chi connectivity index (χ4v) is 4.99. The van der Waals surface area contributed by atoms with Crippen LogP contribution in [0.25, 0.3) is 0 Å². The highest BCUT2D eigenvalue weighted by Crippen LogP contribution is 2.22. The monoisotopic (exact) mass is 314 g/mol. The number of anilines is 1. The molecule has 0 aromatic heterocycles. The molecule has 0 bridgehead atoms. The zero-order chi connectivity index (χ0) is 14.6. The number of thioether (sulfide) groups is 1. The van der Waals surface area contributed by atoms with Crippen molar-refractivity contribution in [3.8, 4) is 0 Å². The van der Waals surface area contributed by atoms with E-state index in [1.54, 1.807) is 16.1 Å². The molecule has 6 heteroatoms. The molecule has 2 rings (SSSR count). The predicted octanol–water partition coefficient (Wildman–Crippen LogP) is 2.42. The van der Waals surface area contributed by atoms with Crippen LogP contribution in [0.1, 0.15) is 19.8 Å². The summed E-state index contributed by atoms with van der Waals surface area (Å²) in [4.78, 5) is 1.06. The van der Waals surface area contributed by atoms with Gasteiger partial charge < -0.3 is 5.73 Å². The molecular weight excluding hydrogens is 292 g/mol. The Balaban J connectivity index is 1.82. The number of hydrogen-bond acceptors (Lipinski definition) is 4. The molecule has 0 aliphatic carbocycles. The fourth-order valence-electron chi connectivity index (χ4n) is 2.22. The minimum absolute atomic E-state index is 0.205. The predicted molar refractivity (Wildman–Crippen MR) is 85.3 cm³/mol. The molecule has 0 spiro atoms. The van der Waals surface area contributed by atoms with Gasteiger partial charge in [-0.2, -0.15) is 0 Å². The number of benzene rings is 1. The van der Waals surface area contributed by atoms with Crippen LogP contribution in [-0.4, -0.2) is 37.3 Å². The van der Waals surface area contributed by atoms with Crippen molar-refractivity contribution in [1.29, 1.82) is 0 Å². The van der Waals surface area contributed by atoms with E-state index in [0.717, 1.165) is 23.4 Å². The van der Waals surface area contributed by atoms with E-state index in [0.29, 0.717) is 24.8 Å². The number of nitrogens with zero attached hydrogens (tertiary/aromatic N) is 1. The minimum Gasteiger partial charge on any atom is -0.399 e. The molecule has 0 unspecified atom stereocenters. The van der Waals surface area contributed by atoms with E-state index in [9.17, 15) is 8.42 Å². The second kappa shape index (κ2) is 6.83. The van der Waals surface area contributed by atoms with Crippen molar-refractivity contribution < 1.29 is 8.42 Å². The van der Waals surface area contributed by atoms with E-state index in [4.69, 9.17) is 5.73 Å². The van der Waals surface area contributed by atoms with Gasteiger partial charge in [-0.3, -0.25) is 0 Å². The molecule has 0 amide bonds. The number of rotatable bonds is 5. The summed E-state index contributed by atoms with van der Waals surface area (Å²) >= 11 is 1.56. The van der Waals surface area contributed by atoms with Crippen LogP contribution in [0.2, 0.25) is 0 Å². The first kappa shape index (κ1) is 15.7. The Kier molecular flexibility index (Phi) is 5.35. The van der Waals surface area contributed by atoms with Gasteiger partial charge in [-0.05, 0) is 43.0 Å². The molecule has 1 aliphatic heterocycles. The summed E-state index contributed by atoms with van der Waals surface area (Å²) in [6, 6.07) is 7.52. The molecule has 20 heavy (non-hydrogen) atoms. The molecule has 112 valence electrons. The molecule has 1 aliphatic rings. The Morgan fingerprint density at radius 3 is 2.45 bits per heavy atom. The highest BCUT2D eigenvalue weighted by molar-refractivity contribution is 8.00. The lowest BCUT2D eigenvalue weighted by molar-refractivity contribution is 0.288. The lowest BCUT2D eigenvalue weighted by Crippen LogP contribution is -2.39. The van der Waals surface area contributed by atoms with Crippen LogP contribution in [0.4, 0.5) is 5.69 Å². The topological polar surface area (TPSA) is 63.4 Å². The third-order valence-corrected chi connectivity index (χ3v) is 6.77. The van der Waals surface area contributed by atoms with Crippen LogP contribution in [-0.2, 0) is 10.0 Å². The summed E-state index contributed by atoms with van der Waals surface area (Å²) < 4.78 is 26.1.